The summed E-state index contributed by atoms with van der Waals surface area (Å²) in [5, 5.41) is 23.7. The topological polar surface area (TPSA) is 156 Å². The SMILES string of the molecule is O=C([O-])CCNC(=O)c1ccc(CNC(=O)c2cc(NC(=O)c3cc(F)c(F)cc3Cl)[nH]n2)cc1.[Na+]. The molecular weight excluding hydrogens is 511 g/mol. The van der Waals surface area contributed by atoms with Crippen molar-refractivity contribution in [3.8, 4) is 0 Å². The van der Waals surface area contributed by atoms with E-state index >= 15 is 0 Å². The largest absolute Gasteiger partial charge is 1.00 e. The van der Waals surface area contributed by atoms with E-state index in [1.165, 1.54) is 18.2 Å². The summed E-state index contributed by atoms with van der Waals surface area (Å²) in [7, 11) is 0. The number of nitrogens with one attached hydrogen (secondary N) is 4. The van der Waals surface area contributed by atoms with Crippen LogP contribution in [0, 0.1) is 11.6 Å². The van der Waals surface area contributed by atoms with Crippen molar-refractivity contribution in [3.05, 3.63) is 81.5 Å². The molecule has 0 saturated carbocycles. The van der Waals surface area contributed by atoms with Crippen molar-refractivity contribution in [2.45, 2.75) is 13.0 Å². The quantitative estimate of drug-likeness (QED) is 0.194. The smallest absolute Gasteiger partial charge is 0.550 e. The van der Waals surface area contributed by atoms with Crippen LogP contribution in [0.15, 0.2) is 42.5 Å². The van der Waals surface area contributed by atoms with Crippen LogP contribution in [0.2, 0.25) is 5.02 Å². The number of carboxylic acids is 1. The Morgan fingerprint density at radius 3 is 2.28 bits per heavy atom. The van der Waals surface area contributed by atoms with Crippen LogP contribution in [0.25, 0.3) is 0 Å². The van der Waals surface area contributed by atoms with Crippen LogP contribution < -0.4 is 50.6 Å². The van der Waals surface area contributed by atoms with Gasteiger partial charge in [-0.2, -0.15) is 5.10 Å². The minimum atomic E-state index is -1.27. The monoisotopic (exact) mass is 527 g/mol. The van der Waals surface area contributed by atoms with Crippen molar-refractivity contribution >= 4 is 41.1 Å². The number of carboxylic acid groups (broad SMARTS) is 1. The minimum absolute atomic E-state index is 0. The predicted octanol–water partition coefficient (Wildman–Crippen LogP) is -1.60. The number of aliphatic carboxylic acids is 1. The predicted molar refractivity (Wildman–Crippen MR) is 117 cm³/mol. The first-order chi connectivity index (χ1) is 16.6. The molecule has 0 aliphatic carbocycles. The number of rotatable bonds is 9. The molecule has 0 spiro atoms. The van der Waals surface area contributed by atoms with Gasteiger partial charge in [-0.1, -0.05) is 23.7 Å². The van der Waals surface area contributed by atoms with E-state index in [9.17, 15) is 33.1 Å². The number of halogens is 3. The van der Waals surface area contributed by atoms with Crippen LogP contribution >= 0.6 is 11.6 Å². The number of benzene rings is 2. The normalized spacial score (nSPS) is 10.2. The van der Waals surface area contributed by atoms with E-state index in [1.807, 2.05) is 0 Å². The van der Waals surface area contributed by atoms with Gasteiger partial charge in [0.15, 0.2) is 17.3 Å². The van der Waals surface area contributed by atoms with Crippen LogP contribution in [-0.2, 0) is 11.3 Å². The third kappa shape index (κ3) is 7.85. The summed E-state index contributed by atoms with van der Waals surface area (Å²) in [6.07, 6.45) is -0.299. The van der Waals surface area contributed by atoms with Crippen molar-refractivity contribution in [2.75, 3.05) is 11.9 Å². The number of aromatic amines is 1. The third-order valence-corrected chi connectivity index (χ3v) is 4.91. The molecule has 0 saturated heterocycles. The second kappa shape index (κ2) is 13.1. The van der Waals surface area contributed by atoms with E-state index in [-0.39, 0.29) is 71.2 Å². The van der Waals surface area contributed by atoms with Gasteiger partial charge in [-0.15, -0.1) is 0 Å². The van der Waals surface area contributed by atoms with Crippen molar-refractivity contribution in [2.24, 2.45) is 0 Å². The Morgan fingerprint density at radius 1 is 0.944 bits per heavy atom. The average molecular weight is 528 g/mol. The first-order valence-corrected chi connectivity index (χ1v) is 10.4. The van der Waals surface area contributed by atoms with Crippen molar-refractivity contribution in [1.29, 1.82) is 0 Å². The number of hydrogen-bond acceptors (Lipinski definition) is 6. The molecule has 0 bridgehead atoms. The summed E-state index contributed by atoms with van der Waals surface area (Å²) >= 11 is 5.78. The maximum Gasteiger partial charge on any atom is 1.00 e. The molecule has 14 heteroatoms. The zero-order valence-electron chi connectivity index (χ0n) is 18.8. The summed E-state index contributed by atoms with van der Waals surface area (Å²) in [5.41, 5.74) is 0.622. The fourth-order valence-electron chi connectivity index (χ4n) is 2.82. The van der Waals surface area contributed by atoms with E-state index in [2.05, 4.69) is 26.1 Å². The van der Waals surface area contributed by atoms with Gasteiger partial charge in [-0.3, -0.25) is 19.5 Å². The first-order valence-electron chi connectivity index (χ1n) is 10.0. The second-order valence-electron chi connectivity index (χ2n) is 7.12. The molecule has 3 aromatic rings. The van der Waals surface area contributed by atoms with Gasteiger partial charge in [0.25, 0.3) is 17.7 Å². The van der Waals surface area contributed by atoms with E-state index in [0.717, 1.165) is 0 Å². The molecule has 0 atom stereocenters. The van der Waals surface area contributed by atoms with E-state index in [0.29, 0.717) is 23.3 Å². The molecule has 3 rings (SSSR count). The van der Waals surface area contributed by atoms with Crippen LogP contribution in [0.3, 0.4) is 0 Å². The van der Waals surface area contributed by atoms with E-state index in [4.69, 9.17) is 11.6 Å². The molecule has 2 aromatic carbocycles. The van der Waals surface area contributed by atoms with Gasteiger partial charge >= 0.3 is 29.6 Å². The van der Waals surface area contributed by atoms with Gasteiger partial charge in [0.05, 0.1) is 10.6 Å². The Morgan fingerprint density at radius 2 is 1.61 bits per heavy atom. The number of hydrogen-bond donors (Lipinski definition) is 4. The zero-order chi connectivity index (χ0) is 25.5. The number of anilines is 1. The second-order valence-corrected chi connectivity index (χ2v) is 7.53. The fourth-order valence-corrected chi connectivity index (χ4v) is 3.05. The van der Waals surface area contributed by atoms with Gasteiger partial charge in [0.1, 0.15) is 5.82 Å². The van der Waals surface area contributed by atoms with Crippen LogP contribution in [-0.4, -0.2) is 40.4 Å². The molecular formula is C22H17ClF2N5NaO5. The summed E-state index contributed by atoms with van der Waals surface area (Å²) in [6, 6.07) is 8.81. The Labute approximate surface area is 230 Å². The molecule has 0 aliphatic heterocycles. The Balaban J connectivity index is 0.00000456. The average Bonchev–Trinajstić information content (AvgIpc) is 3.28. The number of H-pyrrole nitrogens is 1. The molecule has 4 N–H and O–H groups in total. The molecule has 0 radical (unpaired) electrons. The maximum atomic E-state index is 13.4. The summed E-state index contributed by atoms with van der Waals surface area (Å²) in [4.78, 5) is 46.9. The molecule has 0 aliphatic rings. The van der Waals surface area contributed by atoms with E-state index < -0.39 is 35.3 Å². The third-order valence-electron chi connectivity index (χ3n) is 4.60. The van der Waals surface area contributed by atoms with Gasteiger partial charge in [0.2, 0.25) is 0 Å². The number of nitrogens with zero attached hydrogens (tertiary/aromatic N) is 1. The van der Waals surface area contributed by atoms with Crippen molar-refractivity contribution in [3.63, 3.8) is 0 Å². The van der Waals surface area contributed by atoms with Gasteiger partial charge < -0.3 is 25.9 Å². The number of amides is 3. The summed E-state index contributed by atoms with van der Waals surface area (Å²) in [5.74, 6) is -5.54. The molecule has 0 unspecified atom stereocenters. The standard InChI is InChI=1S/C22H18ClF2N5O5.Na/c23-14-8-16(25)15(24)7-13(14)21(34)28-18-9-17(29-30-18)22(35)27-10-11-1-3-12(4-2-11)20(33)26-6-5-19(31)32;/h1-4,7-9H,5-6,10H2,(H,26,33)(H,27,35)(H,31,32)(H2,28,29,30,34);/q;+1/p-1. The molecule has 1 heterocycles. The summed E-state index contributed by atoms with van der Waals surface area (Å²) < 4.78 is 26.6. The van der Waals surface area contributed by atoms with E-state index in [1.54, 1.807) is 12.1 Å². The molecule has 36 heavy (non-hydrogen) atoms. The fraction of sp³-hybridized carbons (Fsp3) is 0.136. The Kier molecular flexibility index (Phi) is 10.5. The maximum absolute atomic E-state index is 13.4. The zero-order valence-corrected chi connectivity index (χ0v) is 21.5. The van der Waals surface area contributed by atoms with Gasteiger partial charge in [0, 0.05) is 37.1 Å². The molecule has 10 nitrogen and oxygen atoms in total. The van der Waals surface area contributed by atoms with Crippen LogP contribution in [0.4, 0.5) is 14.6 Å². The number of carbonyl (C=O) groups excluding carboxylic acids is 4. The minimum Gasteiger partial charge on any atom is -0.550 e. The van der Waals surface area contributed by atoms with Crippen LogP contribution in [0.1, 0.15) is 43.2 Å². The summed E-state index contributed by atoms with van der Waals surface area (Å²) in [6.45, 7) is 0.0450. The number of carbonyl (C=O) groups is 4. The molecule has 1 aromatic heterocycles. The molecule has 3 amide bonds. The van der Waals surface area contributed by atoms with Crippen LogP contribution in [0.5, 0.6) is 0 Å². The van der Waals surface area contributed by atoms with Crippen molar-refractivity contribution in [1.82, 2.24) is 20.8 Å². The molecule has 0 fully saturated rings. The van der Waals surface area contributed by atoms with Gasteiger partial charge in [-0.05, 0) is 29.8 Å². The molecule has 182 valence electrons. The van der Waals surface area contributed by atoms with Gasteiger partial charge in [-0.25, -0.2) is 8.78 Å². The number of aromatic nitrogens is 2. The first kappa shape index (κ1) is 28.9. The van der Waals surface area contributed by atoms with Crippen molar-refractivity contribution < 1.29 is 62.6 Å². The Bertz CT molecular complexity index is 1290. The Hall–Kier alpha value is -3.32.